The van der Waals surface area contributed by atoms with E-state index < -0.39 is 0 Å². The minimum Gasteiger partial charge on any atom is -0.310 e. The van der Waals surface area contributed by atoms with E-state index in [1.54, 1.807) is 0 Å². The maximum Gasteiger partial charge on any atom is 0.0562 e. The van der Waals surface area contributed by atoms with E-state index in [1.807, 2.05) is 0 Å². The first-order chi connectivity index (χ1) is 27.8. The first-order valence-corrected chi connectivity index (χ1v) is 19.2. The Bertz CT molecular complexity index is 2840. The highest BCUT2D eigenvalue weighted by Gasteiger charge is 2.23. The summed E-state index contributed by atoms with van der Waals surface area (Å²) >= 11 is 0. The monoisotopic (exact) mass is 714 g/mol. The van der Waals surface area contributed by atoms with Crippen LogP contribution in [0.1, 0.15) is 0 Å². The van der Waals surface area contributed by atoms with Crippen LogP contribution >= 0.6 is 0 Å². The largest absolute Gasteiger partial charge is 0.310 e. The van der Waals surface area contributed by atoms with Gasteiger partial charge in [-0.15, -0.1) is 0 Å². The van der Waals surface area contributed by atoms with E-state index in [1.165, 1.54) is 60.8 Å². The van der Waals surface area contributed by atoms with Crippen molar-refractivity contribution in [3.05, 3.63) is 231 Å². The van der Waals surface area contributed by atoms with Crippen molar-refractivity contribution >= 4 is 38.9 Å². The van der Waals surface area contributed by atoms with E-state index in [2.05, 4.69) is 240 Å². The van der Waals surface area contributed by atoms with E-state index in [0.29, 0.717) is 0 Å². The van der Waals surface area contributed by atoms with E-state index in [9.17, 15) is 0 Å². The lowest BCUT2D eigenvalue weighted by Gasteiger charge is -2.27. The van der Waals surface area contributed by atoms with Crippen LogP contribution < -0.4 is 4.90 Å². The molecule has 0 amide bonds. The highest BCUT2D eigenvalue weighted by molar-refractivity contribution is 6.17. The van der Waals surface area contributed by atoms with E-state index in [-0.39, 0.29) is 0 Å². The lowest BCUT2D eigenvalue weighted by molar-refractivity contribution is 1.18. The van der Waals surface area contributed by atoms with Crippen molar-refractivity contribution in [1.29, 1.82) is 0 Å². The van der Waals surface area contributed by atoms with Crippen LogP contribution in [0, 0.1) is 0 Å². The molecule has 1 heterocycles. The summed E-state index contributed by atoms with van der Waals surface area (Å²) in [7, 11) is 0. The molecule has 0 aliphatic heterocycles. The average molecular weight is 715 g/mol. The van der Waals surface area contributed by atoms with E-state index in [4.69, 9.17) is 0 Å². The Kier molecular flexibility index (Phi) is 8.55. The minimum atomic E-state index is 1.10. The molecule has 0 fully saturated rings. The molecule has 9 aromatic carbocycles. The summed E-state index contributed by atoms with van der Waals surface area (Å²) in [6.45, 7) is 0. The maximum absolute atomic E-state index is 2.46. The lowest BCUT2D eigenvalue weighted by Crippen LogP contribution is -2.10. The molecule has 0 bridgehead atoms. The number of anilines is 3. The van der Waals surface area contributed by atoms with Gasteiger partial charge in [0.05, 0.1) is 22.4 Å². The number of para-hydroxylation sites is 2. The molecule has 2 heteroatoms. The number of fused-ring (bicyclic) bond motifs is 3. The Morgan fingerprint density at radius 1 is 0.286 bits per heavy atom. The predicted octanol–water partition coefficient (Wildman–Crippen LogP) is 14.9. The van der Waals surface area contributed by atoms with Crippen molar-refractivity contribution in [3.63, 3.8) is 0 Å². The topological polar surface area (TPSA) is 8.17 Å². The molecule has 0 unspecified atom stereocenters. The highest BCUT2D eigenvalue weighted by atomic mass is 15.1. The van der Waals surface area contributed by atoms with Crippen molar-refractivity contribution in [2.45, 2.75) is 0 Å². The van der Waals surface area contributed by atoms with Crippen molar-refractivity contribution in [2.75, 3.05) is 4.90 Å². The summed E-state index contributed by atoms with van der Waals surface area (Å²) in [6, 6.07) is 83.0. The second-order valence-corrected chi connectivity index (χ2v) is 14.1. The Morgan fingerprint density at radius 2 is 0.732 bits per heavy atom. The summed E-state index contributed by atoms with van der Waals surface area (Å²) in [4.78, 5) is 2.42. The second kappa shape index (κ2) is 14.4. The molecule has 0 saturated heterocycles. The summed E-state index contributed by atoms with van der Waals surface area (Å²) in [5.41, 5.74) is 16.4. The van der Waals surface area contributed by atoms with Crippen LogP contribution in [0.5, 0.6) is 0 Å². The van der Waals surface area contributed by atoms with Crippen LogP contribution in [-0.4, -0.2) is 4.57 Å². The van der Waals surface area contributed by atoms with Crippen LogP contribution in [0.25, 0.3) is 72.0 Å². The van der Waals surface area contributed by atoms with Gasteiger partial charge in [-0.25, -0.2) is 0 Å². The zero-order valence-electron chi connectivity index (χ0n) is 30.8. The van der Waals surface area contributed by atoms with Gasteiger partial charge in [0.15, 0.2) is 0 Å². The fraction of sp³-hybridized carbons (Fsp3) is 0. The molecule has 1 aromatic heterocycles. The van der Waals surface area contributed by atoms with Crippen LogP contribution in [-0.2, 0) is 0 Å². The first-order valence-electron chi connectivity index (χ1n) is 19.2. The number of hydrogen-bond acceptors (Lipinski definition) is 1. The van der Waals surface area contributed by atoms with Gasteiger partial charge in [-0.1, -0.05) is 182 Å². The summed E-state index contributed by atoms with van der Waals surface area (Å²) in [5.74, 6) is 0. The number of rotatable bonds is 8. The third kappa shape index (κ3) is 5.95. The second-order valence-electron chi connectivity index (χ2n) is 14.1. The number of hydrogen-bond donors (Lipinski definition) is 0. The molecule has 2 nitrogen and oxygen atoms in total. The van der Waals surface area contributed by atoms with Crippen LogP contribution in [0.3, 0.4) is 0 Å². The first kappa shape index (κ1) is 33.2. The molecule has 0 aliphatic rings. The zero-order chi connectivity index (χ0) is 37.3. The van der Waals surface area contributed by atoms with Gasteiger partial charge in [-0.05, 0) is 87.5 Å². The third-order valence-electron chi connectivity index (χ3n) is 10.8. The molecule has 0 aliphatic carbocycles. The average Bonchev–Trinajstić information content (AvgIpc) is 3.63. The fourth-order valence-electron chi connectivity index (χ4n) is 8.22. The van der Waals surface area contributed by atoms with Crippen LogP contribution in [0.4, 0.5) is 17.1 Å². The number of aromatic nitrogens is 1. The summed E-state index contributed by atoms with van der Waals surface area (Å²) < 4.78 is 2.46. The molecule has 0 N–H and O–H groups in total. The number of benzene rings is 9. The fourth-order valence-corrected chi connectivity index (χ4v) is 8.22. The normalized spacial score (nSPS) is 11.2. The standard InChI is InChI=1S/C54H38N2/c1-4-17-39(18-5-1)41-31-35-44(36-32-41)55(45-37-33-42(34-38-45)40-19-6-2-7-20-40)52-29-16-30-53-54(52)49-26-13-15-28-51(49)56(53)50-27-14-12-25-48(50)47-24-11-10-23-46(47)43-21-8-3-9-22-43/h1-38H. The molecular weight excluding hydrogens is 677 g/mol. The Hall–Kier alpha value is -7.42. The summed E-state index contributed by atoms with van der Waals surface area (Å²) in [6.07, 6.45) is 0. The van der Waals surface area contributed by atoms with Gasteiger partial charge >= 0.3 is 0 Å². The van der Waals surface area contributed by atoms with Crippen molar-refractivity contribution in [2.24, 2.45) is 0 Å². The predicted molar refractivity (Wildman–Crippen MR) is 237 cm³/mol. The van der Waals surface area contributed by atoms with Crippen molar-refractivity contribution in [1.82, 2.24) is 4.57 Å². The minimum absolute atomic E-state index is 1.10. The summed E-state index contributed by atoms with van der Waals surface area (Å²) in [5, 5.41) is 2.41. The van der Waals surface area contributed by atoms with Crippen LogP contribution in [0.2, 0.25) is 0 Å². The highest BCUT2D eigenvalue weighted by Crippen LogP contribution is 2.46. The maximum atomic E-state index is 2.46. The molecule has 0 spiro atoms. The smallest absolute Gasteiger partial charge is 0.0562 e. The Morgan fingerprint density at radius 3 is 1.34 bits per heavy atom. The van der Waals surface area contributed by atoms with Gasteiger partial charge in [-0.2, -0.15) is 0 Å². The molecule has 56 heavy (non-hydrogen) atoms. The van der Waals surface area contributed by atoms with Gasteiger partial charge in [0, 0.05) is 27.7 Å². The lowest BCUT2D eigenvalue weighted by atomic mass is 9.93. The van der Waals surface area contributed by atoms with Gasteiger partial charge < -0.3 is 9.47 Å². The van der Waals surface area contributed by atoms with E-state index >= 15 is 0 Å². The van der Waals surface area contributed by atoms with Crippen LogP contribution in [0.15, 0.2) is 231 Å². The molecule has 0 atom stereocenters. The molecule has 10 aromatic rings. The number of nitrogens with zero attached hydrogens (tertiary/aromatic N) is 2. The van der Waals surface area contributed by atoms with E-state index in [0.717, 1.165) is 28.3 Å². The van der Waals surface area contributed by atoms with Gasteiger partial charge in [0.2, 0.25) is 0 Å². The molecule has 264 valence electrons. The molecule has 0 radical (unpaired) electrons. The van der Waals surface area contributed by atoms with Gasteiger partial charge in [0.1, 0.15) is 0 Å². The quantitative estimate of drug-likeness (QED) is 0.152. The SMILES string of the molecule is c1ccc(-c2ccc(N(c3ccc(-c4ccccc4)cc3)c3cccc4c3c3ccccc3n4-c3ccccc3-c3ccccc3-c3ccccc3)cc2)cc1. The zero-order valence-corrected chi connectivity index (χ0v) is 30.8. The third-order valence-corrected chi connectivity index (χ3v) is 10.8. The van der Waals surface area contributed by atoms with Gasteiger partial charge in [-0.3, -0.25) is 0 Å². The Balaban J connectivity index is 1.19. The molecular formula is C54H38N2. The Labute approximate surface area is 327 Å². The molecule has 10 rings (SSSR count). The molecule has 0 saturated carbocycles. The van der Waals surface area contributed by atoms with Gasteiger partial charge in [0.25, 0.3) is 0 Å². The van der Waals surface area contributed by atoms with Crippen molar-refractivity contribution in [3.8, 4) is 50.2 Å². The van der Waals surface area contributed by atoms with Crippen molar-refractivity contribution < 1.29 is 0 Å².